The molecule has 0 fully saturated rings. The van der Waals surface area contributed by atoms with Gasteiger partial charge >= 0.3 is 0 Å². The van der Waals surface area contributed by atoms with Crippen molar-refractivity contribution in [3.63, 3.8) is 0 Å². The minimum Gasteiger partial charge on any atom is -0.497 e. The molecule has 0 spiro atoms. The van der Waals surface area contributed by atoms with E-state index in [0.29, 0.717) is 6.61 Å². The number of nitrogens with zero attached hydrogens (tertiary/aromatic N) is 2. The van der Waals surface area contributed by atoms with Crippen LogP contribution in [0.3, 0.4) is 0 Å². The Bertz CT molecular complexity index is 860. The number of amides is 1. The summed E-state index contributed by atoms with van der Waals surface area (Å²) in [6.45, 7) is 0.311. The lowest BCUT2D eigenvalue weighted by atomic mass is 10.1. The number of hydrogen-bond acceptors (Lipinski definition) is 4. The molecule has 3 aromatic rings. The third-order valence-corrected chi connectivity index (χ3v) is 4.21. The summed E-state index contributed by atoms with van der Waals surface area (Å²) in [6.07, 6.45) is 3.83. The monoisotopic (exact) mass is 365 g/mol. The zero-order valence-electron chi connectivity index (χ0n) is 15.5. The minimum absolute atomic E-state index is 0.102. The molecule has 1 aromatic heterocycles. The maximum atomic E-state index is 12.5. The molecule has 0 saturated heterocycles. The van der Waals surface area contributed by atoms with Crippen LogP contribution >= 0.6 is 0 Å². The summed E-state index contributed by atoms with van der Waals surface area (Å²) in [7, 11) is 3.53. The lowest BCUT2D eigenvalue weighted by Crippen LogP contribution is -2.32. The van der Waals surface area contributed by atoms with Gasteiger partial charge in [0.15, 0.2) is 0 Å². The third-order valence-electron chi connectivity index (χ3n) is 4.21. The molecular formula is C21H23N3O3. The van der Waals surface area contributed by atoms with Gasteiger partial charge in [0.25, 0.3) is 0 Å². The van der Waals surface area contributed by atoms with Crippen LogP contribution in [0.25, 0.3) is 0 Å². The Morgan fingerprint density at radius 1 is 1.11 bits per heavy atom. The predicted octanol–water partition coefficient (Wildman–Crippen LogP) is 3.10. The van der Waals surface area contributed by atoms with Crippen LogP contribution in [-0.2, 0) is 11.8 Å². The molecule has 0 radical (unpaired) electrons. The average Bonchev–Trinajstić information content (AvgIpc) is 3.13. The number of rotatable bonds is 8. The predicted molar refractivity (Wildman–Crippen MR) is 103 cm³/mol. The Morgan fingerprint density at radius 3 is 2.48 bits per heavy atom. The van der Waals surface area contributed by atoms with Crippen LogP contribution in [0.15, 0.2) is 67.0 Å². The molecule has 140 valence electrons. The molecule has 1 heterocycles. The highest BCUT2D eigenvalue weighted by atomic mass is 16.5. The van der Waals surface area contributed by atoms with E-state index in [1.54, 1.807) is 13.3 Å². The summed E-state index contributed by atoms with van der Waals surface area (Å²) in [5.41, 5.74) is 0.933. The molecule has 6 nitrogen and oxygen atoms in total. The van der Waals surface area contributed by atoms with Crippen LogP contribution in [-0.4, -0.2) is 29.2 Å². The molecule has 0 saturated carbocycles. The molecule has 0 aliphatic carbocycles. The standard InChI is InChI=1S/C21H23N3O3/c1-24-14-13-22-21(24)20(16-8-10-17(26-2)11-9-16)23-19(25)12-15-27-18-6-4-3-5-7-18/h3-11,13-14,20H,12,15H2,1-2H3,(H,23,25). The van der Waals surface area contributed by atoms with Crippen molar-refractivity contribution in [1.82, 2.24) is 14.9 Å². The maximum Gasteiger partial charge on any atom is 0.224 e. The number of aryl methyl sites for hydroxylation is 1. The largest absolute Gasteiger partial charge is 0.497 e. The highest BCUT2D eigenvalue weighted by molar-refractivity contribution is 5.77. The summed E-state index contributed by atoms with van der Waals surface area (Å²) < 4.78 is 12.7. The topological polar surface area (TPSA) is 65.4 Å². The highest BCUT2D eigenvalue weighted by Crippen LogP contribution is 2.23. The highest BCUT2D eigenvalue weighted by Gasteiger charge is 2.20. The summed E-state index contributed by atoms with van der Waals surface area (Å²) >= 11 is 0. The zero-order valence-corrected chi connectivity index (χ0v) is 15.5. The van der Waals surface area contributed by atoms with Gasteiger partial charge in [-0.15, -0.1) is 0 Å². The van der Waals surface area contributed by atoms with E-state index in [0.717, 1.165) is 22.9 Å². The van der Waals surface area contributed by atoms with Gasteiger partial charge in [-0.05, 0) is 29.8 Å². The van der Waals surface area contributed by atoms with Crippen LogP contribution in [0, 0.1) is 0 Å². The Hall–Kier alpha value is -3.28. The zero-order chi connectivity index (χ0) is 19.1. The van der Waals surface area contributed by atoms with Crippen LogP contribution in [0.1, 0.15) is 23.9 Å². The van der Waals surface area contributed by atoms with Crippen LogP contribution < -0.4 is 14.8 Å². The van der Waals surface area contributed by atoms with E-state index in [1.165, 1.54) is 0 Å². The number of para-hydroxylation sites is 1. The molecule has 1 N–H and O–H groups in total. The van der Waals surface area contributed by atoms with Gasteiger partial charge in [0.2, 0.25) is 5.91 Å². The molecule has 2 aromatic carbocycles. The van der Waals surface area contributed by atoms with Crippen molar-refractivity contribution in [2.24, 2.45) is 7.05 Å². The lowest BCUT2D eigenvalue weighted by molar-refractivity contribution is -0.122. The fourth-order valence-electron chi connectivity index (χ4n) is 2.76. The van der Waals surface area contributed by atoms with Gasteiger partial charge in [0, 0.05) is 19.4 Å². The molecule has 1 atom stereocenters. The lowest BCUT2D eigenvalue weighted by Gasteiger charge is -2.19. The number of carbonyl (C=O) groups excluding carboxylic acids is 1. The van der Waals surface area contributed by atoms with E-state index < -0.39 is 0 Å². The first-order chi connectivity index (χ1) is 13.2. The summed E-state index contributed by atoms with van der Waals surface area (Å²) in [5, 5.41) is 3.06. The van der Waals surface area contributed by atoms with E-state index in [4.69, 9.17) is 9.47 Å². The van der Waals surface area contributed by atoms with Crippen molar-refractivity contribution in [2.75, 3.05) is 13.7 Å². The summed E-state index contributed by atoms with van der Waals surface area (Å²) in [5.74, 6) is 2.17. The molecule has 1 amide bonds. The van der Waals surface area contributed by atoms with Gasteiger partial charge in [-0.25, -0.2) is 4.98 Å². The van der Waals surface area contributed by atoms with Crippen LogP contribution in [0.5, 0.6) is 11.5 Å². The van der Waals surface area contributed by atoms with E-state index in [-0.39, 0.29) is 18.4 Å². The first kappa shape index (κ1) is 18.5. The number of ether oxygens (including phenoxy) is 2. The van der Waals surface area contributed by atoms with Gasteiger partial charge in [-0.2, -0.15) is 0 Å². The Kier molecular flexibility index (Phi) is 6.10. The summed E-state index contributed by atoms with van der Waals surface area (Å²) in [6, 6.07) is 16.7. The Morgan fingerprint density at radius 2 is 1.85 bits per heavy atom. The van der Waals surface area contributed by atoms with Gasteiger partial charge in [0.05, 0.1) is 20.1 Å². The van der Waals surface area contributed by atoms with Crippen molar-refractivity contribution in [1.29, 1.82) is 0 Å². The van der Waals surface area contributed by atoms with Gasteiger partial charge in [0.1, 0.15) is 23.4 Å². The van der Waals surface area contributed by atoms with Crippen molar-refractivity contribution in [3.05, 3.63) is 78.4 Å². The van der Waals surface area contributed by atoms with E-state index >= 15 is 0 Å². The van der Waals surface area contributed by atoms with Crippen molar-refractivity contribution in [2.45, 2.75) is 12.5 Å². The first-order valence-corrected chi connectivity index (χ1v) is 8.76. The summed E-state index contributed by atoms with van der Waals surface area (Å²) in [4.78, 5) is 16.9. The van der Waals surface area contributed by atoms with Gasteiger partial charge in [-0.1, -0.05) is 30.3 Å². The second kappa shape index (κ2) is 8.89. The molecule has 0 bridgehead atoms. The second-order valence-corrected chi connectivity index (χ2v) is 6.08. The SMILES string of the molecule is COc1ccc(C(NC(=O)CCOc2ccccc2)c2nccn2C)cc1. The number of benzene rings is 2. The smallest absolute Gasteiger partial charge is 0.224 e. The molecule has 27 heavy (non-hydrogen) atoms. The quantitative estimate of drug-likeness (QED) is 0.666. The fourth-order valence-corrected chi connectivity index (χ4v) is 2.76. The fraction of sp³-hybridized carbons (Fsp3) is 0.238. The number of methoxy groups -OCH3 is 1. The molecule has 3 rings (SSSR count). The van der Waals surface area contributed by atoms with E-state index in [2.05, 4.69) is 10.3 Å². The van der Waals surface area contributed by atoms with Gasteiger partial charge in [-0.3, -0.25) is 4.79 Å². The number of hydrogen-bond donors (Lipinski definition) is 1. The number of carbonyl (C=O) groups is 1. The van der Waals surface area contributed by atoms with Crippen molar-refractivity contribution < 1.29 is 14.3 Å². The molecule has 0 aliphatic rings. The van der Waals surface area contributed by atoms with E-state index in [1.807, 2.05) is 72.4 Å². The van der Waals surface area contributed by atoms with Crippen LogP contribution in [0.4, 0.5) is 0 Å². The first-order valence-electron chi connectivity index (χ1n) is 8.76. The Balaban J connectivity index is 1.67. The Labute approximate surface area is 158 Å². The van der Waals surface area contributed by atoms with Gasteiger partial charge < -0.3 is 19.4 Å². The van der Waals surface area contributed by atoms with Crippen molar-refractivity contribution in [3.8, 4) is 11.5 Å². The molecule has 1 unspecified atom stereocenters. The normalized spacial score (nSPS) is 11.6. The maximum absolute atomic E-state index is 12.5. The molecule has 0 aliphatic heterocycles. The van der Waals surface area contributed by atoms with Crippen molar-refractivity contribution >= 4 is 5.91 Å². The van der Waals surface area contributed by atoms with E-state index in [9.17, 15) is 4.79 Å². The average molecular weight is 365 g/mol. The number of imidazole rings is 1. The molecule has 6 heteroatoms. The third kappa shape index (κ3) is 4.88. The minimum atomic E-state index is -0.347. The molecular weight excluding hydrogens is 342 g/mol. The second-order valence-electron chi connectivity index (χ2n) is 6.08. The number of nitrogens with one attached hydrogen (secondary N) is 1. The number of aromatic nitrogens is 2. The van der Waals surface area contributed by atoms with Crippen LogP contribution in [0.2, 0.25) is 0 Å².